The average Bonchev–Trinajstić information content (AvgIpc) is 3.23. The summed E-state index contributed by atoms with van der Waals surface area (Å²) in [6.45, 7) is 6.77. The molecule has 3 heterocycles. The van der Waals surface area contributed by atoms with Crippen LogP contribution in [0.3, 0.4) is 0 Å². The van der Waals surface area contributed by atoms with Gasteiger partial charge in [-0.2, -0.15) is 8.78 Å². The number of rotatable bonds is 8. The van der Waals surface area contributed by atoms with Gasteiger partial charge < -0.3 is 9.47 Å². The lowest BCUT2D eigenvalue weighted by Gasteiger charge is -2.41. The zero-order chi connectivity index (χ0) is 27.8. The first-order valence-corrected chi connectivity index (χ1v) is 15.0. The molecule has 7 nitrogen and oxygen atoms in total. The molecular weight excluding hydrogens is 522 g/mol. The van der Waals surface area contributed by atoms with Crippen molar-refractivity contribution in [2.75, 3.05) is 32.4 Å². The van der Waals surface area contributed by atoms with Crippen molar-refractivity contribution in [1.29, 1.82) is 0 Å². The Bertz CT molecular complexity index is 1200. The summed E-state index contributed by atoms with van der Waals surface area (Å²) in [5.74, 6) is -4.22. The summed E-state index contributed by atoms with van der Waals surface area (Å²) in [7, 11) is -3.29. The van der Waals surface area contributed by atoms with E-state index in [-0.39, 0.29) is 29.7 Å². The van der Waals surface area contributed by atoms with E-state index in [1.54, 1.807) is 11.5 Å². The number of sulfonamides is 1. The largest absolute Gasteiger partial charge is 0.307 e. The predicted molar refractivity (Wildman–Crippen MR) is 136 cm³/mol. The van der Waals surface area contributed by atoms with E-state index in [1.165, 1.54) is 22.7 Å². The second-order valence-electron chi connectivity index (χ2n) is 11.0. The molecule has 0 radical (unpaired) electrons. The van der Waals surface area contributed by atoms with E-state index in [0.717, 1.165) is 13.0 Å². The SMILES string of the molecule is Cc1nnc(C(C)(F)F)n1C1CCN([C@H](C)CC(c2cc(F)cc(F)c2)C2CCN(S(C)(=O)=O)CC2)CC1. The van der Waals surface area contributed by atoms with Crippen molar-refractivity contribution in [1.82, 2.24) is 24.0 Å². The van der Waals surface area contributed by atoms with Gasteiger partial charge in [-0.1, -0.05) is 0 Å². The molecule has 2 atom stereocenters. The molecule has 0 saturated carbocycles. The zero-order valence-electron chi connectivity index (χ0n) is 22.4. The lowest BCUT2D eigenvalue weighted by molar-refractivity contribution is 0.00000770. The molecular formula is C26H37F4N5O2S. The molecule has 0 aliphatic carbocycles. The van der Waals surface area contributed by atoms with Crippen LogP contribution < -0.4 is 0 Å². The molecule has 2 fully saturated rings. The molecule has 212 valence electrons. The van der Waals surface area contributed by atoms with Crippen molar-refractivity contribution in [2.45, 2.75) is 76.8 Å². The molecule has 0 spiro atoms. The molecule has 1 aromatic heterocycles. The third kappa shape index (κ3) is 6.56. The van der Waals surface area contributed by atoms with Gasteiger partial charge in [-0.05, 0) is 75.5 Å². The van der Waals surface area contributed by atoms with Gasteiger partial charge in [0, 0.05) is 51.3 Å². The smallest absolute Gasteiger partial charge is 0.304 e. The van der Waals surface area contributed by atoms with Crippen molar-refractivity contribution >= 4 is 10.0 Å². The highest BCUT2D eigenvalue weighted by Gasteiger charge is 2.37. The van der Waals surface area contributed by atoms with Gasteiger partial charge in [0.05, 0.1) is 6.26 Å². The average molecular weight is 560 g/mol. The molecule has 4 rings (SSSR count). The van der Waals surface area contributed by atoms with Crippen molar-refractivity contribution in [3.05, 3.63) is 47.0 Å². The summed E-state index contributed by atoms with van der Waals surface area (Å²) in [5, 5.41) is 7.61. The van der Waals surface area contributed by atoms with Crippen LogP contribution in [-0.4, -0.2) is 70.9 Å². The number of aryl methyl sites for hydroxylation is 1. The number of piperidine rings is 2. The molecule has 0 amide bonds. The third-order valence-electron chi connectivity index (χ3n) is 8.19. The Kier molecular flexibility index (Phi) is 8.54. The lowest BCUT2D eigenvalue weighted by Crippen LogP contribution is -2.43. The predicted octanol–water partition coefficient (Wildman–Crippen LogP) is 4.85. The van der Waals surface area contributed by atoms with Gasteiger partial charge in [0.1, 0.15) is 17.5 Å². The quantitative estimate of drug-likeness (QED) is 0.433. The Morgan fingerprint density at radius 2 is 1.58 bits per heavy atom. The van der Waals surface area contributed by atoms with Gasteiger partial charge in [-0.25, -0.2) is 21.5 Å². The maximum Gasteiger partial charge on any atom is 0.304 e. The van der Waals surface area contributed by atoms with Crippen LogP contribution >= 0.6 is 0 Å². The summed E-state index contributed by atoms with van der Waals surface area (Å²) in [6, 6.07) is 3.59. The first-order valence-electron chi connectivity index (χ1n) is 13.2. The van der Waals surface area contributed by atoms with Gasteiger partial charge in [0.25, 0.3) is 0 Å². The fourth-order valence-corrected chi connectivity index (χ4v) is 7.08. The van der Waals surface area contributed by atoms with Crippen LogP contribution in [0, 0.1) is 24.5 Å². The molecule has 1 aromatic carbocycles. The van der Waals surface area contributed by atoms with Gasteiger partial charge >= 0.3 is 5.92 Å². The number of aromatic nitrogens is 3. The summed E-state index contributed by atoms with van der Waals surface area (Å²) >= 11 is 0. The number of hydrogen-bond donors (Lipinski definition) is 0. The van der Waals surface area contributed by atoms with Crippen molar-refractivity contribution in [2.24, 2.45) is 5.92 Å². The van der Waals surface area contributed by atoms with E-state index in [0.29, 0.717) is 69.7 Å². The highest BCUT2D eigenvalue weighted by Crippen LogP contribution is 2.39. The number of likely N-dealkylation sites (tertiary alicyclic amines) is 1. The number of nitrogens with zero attached hydrogens (tertiary/aromatic N) is 5. The molecule has 1 unspecified atom stereocenters. The molecule has 2 aliphatic rings. The summed E-state index contributed by atoms with van der Waals surface area (Å²) in [6.07, 6.45) is 4.42. The number of halogens is 4. The normalized spacial score (nSPS) is 21.1. The van der Waals surface area contributed by atoms with Crippen LogP contribution in [0.15, 0.2) is 18.2 Å². The molecule has 12 heteroatoms. The summed E-state index contributed by atoms with van der Waals surface area (Å²) in [4.78, 5) is 2.30. The summed E-state index contributed by atoms with van der Waals surface area (Å²) < 4.78 is 83.6. The Balaban J connectivity index is 1.47. The highest BCUT2D eigenvalue weighted by atomic mass is 32.2. The number of benzene rings is 1. The van der Waals surface area contributed by atoms with Gasteiger partial charge in [-0.15, -0.1) is 10.2 Å². The maximum atomic E-state index is 14.2. The van der Waals surface area contributed by atoms with Crippen molar-refractivity contribution in [3.63, 3.8) is 0 Å². The van der Waals surface area contributed by atoms with Gasteiger partial charge in [-0.3, -0.25) is 0 Å². The highest BCUT2D eigenvalue weighted by molar-refractivity contribution is 7.88. The van der Waals surface area contributed by atoms with Crippen LogP contribution in [-0.2, 0) is 15.9 Å². The topological polar surface area (TPSA) is 71.3 Å². The van der Waals surface area contributed by atoms with Crippen LogP contribution in [0.2, 0.25) is 0 Å². The first kappa shape index (κ1) is 28.9. The maximum absolute atomic E-state index is 14.2. The van der Waals surface area contributed by atoms with E-state index >= 15 is 0 Å². The zero-order valence-corrected chi connectivity index (χ0v) is 23.2. The Hall–Kier alpha value is -2.05. The van der Waals surface area contributed by atoms with Crippen LogP contribution in [0.5, 0.6) is 0 Å². The second kappa shape index (κ2) is 11.2. The Morgan fingerprint density at radius 3 is 2.11 bits per heavy atom. The van der Waals surface area contributed by atoms with Crippen molar-refractivity contribution < 1.29 is 26.0 Å². The van der Waals surface area contributed by atoms with Crippen LogP contribution in [0.1, 0.15) is 75.1 Å². The minimum Gasteiger partial charge on any atom is -0.307 e. The minimum atomic E-state index is -3.29. The van der Waals surface area contributed by atoms with Gasteiger partial charge in [0.2, 0.25) is 15.8 Å². The van der Waals surface area contributed by atoms with Crippen LogP contribution in [0.4, 0.5) is 17.6 Å². The van der Waals surface area contributed by atoms with Gasteiger partial charge in [0.15, 0.2) is 0 Å². The molecule has 0 N–H and O–H groups in total. The fraction of sp³-hybridized carbons (Fsp3) is 0.692. The standard InChI is InChI=1S/C26H37F4N5O2S/c1-17(33-9-7-23(8-10-33)35-18(2)31-32-25(35)26(3,29)30)13-24(20-14-21(27)16-22(28)15-20)19-5-11-34(12-6-19)38(4,36)37/h14-17,19,23-24H,5-13H2,1-4H3/t17-,24?/m1/s1. The minimum absolute atomic E-state index is 0.0781. The first-order chi connectivity index (χ1) is 17.7. The van der Waals surface area contributed by atoms with Crippen LogP contribution in [0.25, 0.3) is 0 Å². The Labute approximate surface area is 222 Å². The molecule has 0 bridgehead atoms. The van der Waals surface area contributed by atoms with Crippen molar-refractivity contribution in [3.8, 4) is 0 Å². The fourth-order valence-electron chi connectivity index (χ4n) is 6.21. The monoisotopic (exact) mass is 559 g/mol. The molecule has 2 saturated heterocycles. The second-order valence-corrected chi connectivity index (χ2v) is 13.0. The third-order valence-corrected chi connectivity index (χ3v) is 9.49. The number of alkyl halides is 2. The lowest BCUT2D eigenvalue weighted by atomic mass is 9.77. The Morgan fingerprint density at radius 1 is 1.00 bits per heavy atom. The molecule has 38 heavy (non-hydrogen) atoms. The van der Waals surface area contributed by atoms with E-state index in [1.807, 2.05) is 0 Å². The number of hydrogen-bond acceptors (Lipinski definition) is 5. The summed E-state index contributed by atoms with van der Waals surface area (Å²) in [5.41, 5.74) is 0.594. The molecule has 2 aliphatic heterocycles. The van der Waals surface area contributed by atoms with E-state index in [2.05, 4.69) is 22.0 Å². The van der Waals surface area contributed by atoms with E-state index in [4.69, 9.17) is 0 Å². The van der Waals surface area contributed by atoms with E-state index < -0.39 is 27.6 Å². The van der Waals surface area contributed by atoms with E-state index in [9.17, 15) is 26.0 Å². The molecule has 2 aromatic rings.